The number of hydrogen-bond acceptors (Lipinski definition) is 1. The fourth-order valence-electron chi connectivity index (χ4n) is 3.37. The molecule has 1 N–H and O–H groups in total. The van der Waals surface area contributed by atoms with Crippen molar-refractivity contribution in [1.29, 1.82) is 0 Å². The predicted octanol–water partition coefficient (Wildman–Crippen LogP) is 8.65. The molecule has 1 unspecified atom stereocenters. The minimum atomic E-state index is 0.564. The molecule has 1 aliphatic carbocycles. The smallest absolute Gasteiger partial charge is 0.0384 e. The summed E-state index contributed by atoms with van der Waals surface area (Å²) in [6.45, 7) is 9.76. The van der Waals surface area contributed by atoms with Gasteiger partial charge in [-0.15, -0.1) is 6.58 Å². The Bertz CT molecular complexity index is 856. The van der Waals surface area contributed by atoms with Gasteiger partial charge < -0.3 is 5.32 Å². The maximum Gasteiger partial charge on any atom is 0.0384 e. The molecule has 1 aromatic rings. The number of anilines is 1. The molecule has 0 aliphatic heterocycles. The first-order valence-electron chi connectivity index (χ1n) is 11.4. The molecule has 2 rings (SSSR count). The summed E-state index contributed by atoms with van der Waals surface area (Å²) in [6.07, 6.45) is 32.5. The molecule has 0 radical (unpaired) electrons. The molecule has 1 aliphatic rings. The topological polar surface area (TPSA) is 12.0 Å². The van der Waals surface area contributed by atoms with Crippen LogP contribution in [0.4, 0.5) is 5.69 Å². The van der Waals surface area contributed by atoms with Crippen molar-refractivity contribution in [3.05, 3.63) is 127 Å². The average molecular weight is 412 g/mol. The van der Waals surface area contributed by atoms with E-state index in [1.807, 2.05) is 12.2 Å². The molecule has 0 saturated carbocycles. The lowest BCUT2D eigenvalue weighted by Gasteiger charge is -2.11. The van der Waals surface area contributed by atoms with Crippen LogP contribution in [0.3, 0.4) is 0 Å². The summed E-state index contributed by atoms with van der Waals surface area (Å²) in [4.78, 5) is 0. The van der Waals surface area contributed by atoms with Gasteiger partial charge in [-0.25, -0.2) is 0 Å². The second-order valence-corrected chi connectivity index (χ2v) is 7.72. The molecule has 0 bridgehead atoms. The Morgan fingerprint density at radius 1 is 1.10 bits per heavy atom. The van der Waals surface area contributed by atoms with Gasteiger partial charge in [-0.1, -0.05) is 79.5 Å². The summed E-state index contributed by atoms with van der Waals surface area (Å²) in [6, 6.07) is 8.59. The van der Waals surface area contributed by atoms with Crippen LogP contribution >= 0.6 is 0 Å². The van der Waals surface area contributed by atoms with Crippen LogP contribution in [0.1, 0.15) is 44.6 Å². The fourth-order valence-corrected chi connectivity index (χ4v) is 3.37. The van der Waals surface area contributed by atoms with Gasteiger partial charge in [-0.05, 0) is 86.8 Å². The van der Waals surface area contributed by atoms with Crippen molar-refractivity contribution in [3.8, 4) is 0 Å². The molecule has 1 nitrogen and oxygen atoms in total. The summed E-state index contributed by atoms with van der Waals surface area (Å²) >= 11 is 0. The molecule has 1 aromatic carbocycles. The first kappa shape index (κ1) is 24.2. The average Bonchev–Trinajstić information content (AvgIpc) is 2.81. The summed E-state index contributed by atoms with van der Waals surface area (Å²) in [5.41, 5.74) is 4.61. The van der Waals surface area contributed by atoms with Crippen molar-refractivity contribution >= 4 is 5.69 Å². The largest absolute Gasteiger partial charge is 0.356 e. The maximum atomic E-state index is 3.93. The zero-order valence-electron chi connectivity index (χ0n) is 19.0. The highest BCUT2D eigenvalue weighted by atomic mass is 14.9. The maximum absolute atomic E-state index is 3.93. The molecule has 0 aromatic heterocycles. The van der Waals surface area contributed by atoms with E-state index in [0.29, 0.717) is 5.92 Å². The Morgan fingerprint density at radius 2 is 1.90 bits per heavy atom. The first-order chi connectivity index (χ1) is 15.2. The molecule has 0 fully saturated rings. The van der Waals surface area contributed by atoms with E-state index in [1.165, 1.54) is 30.4 Å². The van der Waals surface area contributed by atoms with Crippen LogP contribution in [0.5, 0.6) is 0 Å². The van der Waals surface area contributed by atoms with Crippen LogP contribution < -0.4 is 5.32 Å². The lowest BCUT2D eigenvalue weighted by atomic mass is 9.95. The number of benzene rings is 1. The molecule has 1 heteroatoms. The van der Waals surface area contributed by atoms with E-state index in [9.17, 15) is 0 Å². The van der Waals surface area contributed by atoms with Gasteiger partial charge in [0.1, 0.15) is 0 Å². The normalized spacial score (nSPS) is 17.6. The molecule has 0 amide bonds. The van der Waals surface area contributed by atoms with Gasteiger partial charge in [-0.3, -0.25) is 0 Å². The van der Waals surface area contributed by atoms with Gasteiger partial charge >= 0.3 is 0 Å². The number of allylic oxidation sites excluding steroid dienone is 13. The SMILES string of the molecule is C=CCC/C=C/C(/C=C\Cc1ccc(N/C(C=C)=C/C=C/C2C=CCCC2)cc1)=C/C. The monoisotopic (exact) mass is 411 g/mol. The first-order valence-corrected chi connectivity index (χ1v) is 11.4. The zero-order valence-corrected chi connectivity index (χ0v) is 19.0. The van der Waals surface area contributed by atoms with Crippen molar-refractivity contribution in [3.63, 3.8) is 0 Å². The number of hydrogen-bond donors (Lipinski definition) is 1. The van der Waals surface area contributed by atoms with E-state index in [-0.39, 0.29) is 0 Å². The van der Waals surface area contributed by atoms with Crippen LogP contribution in [0.15, 0.2) is 122 Å². The second kappa shape index (κ2) is 14.8. The molecule has 1 atom stereocenters. The minimum absolute atomic E-state index is 0.564. The van der Waals surface area contributed by atoms with Gasteiger partial charge in [0.05, 0.1) is 0 Å². The molecule has 31 heavy (non-hydrogen) atoms. The van der Waals surface area contributed by atoms with Crippen molar-refractivity contribution in [1.82, 2.24) is 0 Å². The van der Waals surface area contributed by atoms with Crippen molar-refractivity contribution in [2.24, 2.45) is 5.92 Å². The van der Waals surface area contributed by atoms with Gasteiger partial charge in [0.2, 0.25) is 0 Å². The van der Waals surface area contributed by atoms with Crippen LogP contribution in [-0.4, -0.2) is 0 Å². The van der Waals surface area contributed by atoms with Crippen LogP contribution in [-0.2, 0) is 6.42 Å². The molecular weight excluding hydrogens is 374 g/mol. The van der Waals surface area contributed by atoms with Crippen molar-refractivity contribution < 1.29 is 0 Å². The Kier molecular flexibility index (Phi) is 11.6. The summed E-state index contributed by atoms with van der Waals surface area (Å²) < 4.78 is 0. The Hall–Kier alpha value is -3.06. The minimum Gasteiger partial charge on any atom is -0.356 e. The third-order valence-electron chi connectivity index (χ3n) is 5.23. The van der Waals surface area contributed by atoms with E-state index in [1.54, 1.807) is 0 Å². The van der Waals surface area contributed by atoms with E-state index >= 15 is 0 Å². The van der Waals surface area contributed by atoms with Crippen LogP contribution in [0.25, 0.3) is 0 Å². The number of unbranched alkanes of at least 4 members (excludes halogenated alkanes) is 1. The van der Waals surface area contributed by atoms with Crippen molar-refractivity contribution in [2.45, 2.75) is 45.4 Å². The quantitative estimate of drug-likeness (QED) is 0.206. The highest BCUT2D eigenvalue weighted by Crippen LogP contribution is 2.18. The lowest BCUT2D eigenvalue weighted by Crippen LogP contribution is -1.97. The highest BCUT2D eigenvalue weighted by molar-refractivity contribution is 5.52. The van der Waals surface area contributed by atoms with Gasteiger partial charge in [0.15, 0.2) is 0 Å². The molecule has 0 saturated heterocycles. The predicted molar refractivity (Wildman–Crippen MR) is 139 cm³/mol. The third-order valence-corrected chi connectivity index (χ3v) is 5.23. The summed E-state index contributed by atoms with van der Waals surface area (Å²) in [5, 5.41) is 3.44. The van der Waals surface area contributed by atoms with E-state index in [0.717, 1.165) is 30.6 Å². The Labute approximate surface area is 189 Å². The number of rotatable bonds is 12. The zero-order chi connectivity index (χ0) is 22.2. The van der Waals surface area contributed by atoms with Gasteiger partial charge in [0.25, 0.3) is 0 Å². The summed E-state index contributed by atoms with van der Waals surface area (Å²) in [5.74, 6) is 0.564. The third kappa shape index (κ3) is 10.00. The Balaban J connectivity index is 1.86. The van der Waals surface area contributed by atoms with E-state index in [2.05, 4.69) is 110 Å². The molecular formula is C30H37N. The van der Waals surface area contributed by atoms with Crippen LogP contribution in [0, 0.1) is 5.92 Å². The molecule has 0 spiro atoms. The second-order valence-electron chi connectivity index (χ2n) is 7.72. The van der Waals surface area contributed by atoms with Crippen LogP contribution in [0.2, 0.25) is 0 Å². The lowest BCUT2D eigenvalue weighted by molar-refractivity contribution is 0.631. The summed E-state index contributed by atoms with van der Waals surface area (Å²) in [7, 11) is 0. The fraction of sp³-hybridized carbons (Fsp3) is 0.267. The van der Waals surface area contributed by atoms with Gasteiger partial charge in [0, 0.05) is 11.4 Å². The highest BCUT2D eigenvalue weighted by Gasteiger charge is 2.03. The molecule has 0 heterocycles. The van der Waals surface area contributed by atoms with Gasteiger partial charge in [-0.2, -0.15) is 0 Å². The van der Waals surface area contributed by atoms with E-state index in [4.69, 9.17) is 0 Å². The Morgan fingerprint density at radius 3 is 2.58 bits per heavy atom. The molecule has 162 valence electrons. The van der Waals surface area contributed by atoms with E-state index < -0.39 is 0 Å². The standard InChI is InChI=1S/C30H37N/c1-4-7-8-10-15-26(5-2)18-13-19-28-22-24-30(25-23-28)31-29(6-3)21-14-20-27-16-11-9-12-17-27/h4-6,10-11,13-16,18,20-25,27,31H,1,3,7-9,12,17,19H2,2H3/b15-10+,18-13-,20-14+,26-5-,29-21+. The van der Waals surface area contributed by atoms with Crippen molar-refractivity contribution in [2.75, 3.05) is 5.32 Å². The number of nitrogens with one attached hydrogen (secondary N) is 1.